The quantitative estimate of drug-likeness (QED) is 0.301. The van der Waals surface area contributed by atoms with Crippen molar-refractivity contribution in [2.75, 3.05) is 38.3 Å². The Morgan fingerprint density at radius 3 is 2.86 bits per heavy atom. The number of phenols is 1. The monoisotopic (exact) mass is 617 g/mol. The first-order chi connectivity index (χ1) is 21.3. The van der Waals surface area contributed by atoms with Crippen LogP contribution in [0, 0.1) is 24.0 Å². The van der Waals surface area contributed by atoms with Crippen LogP contribution >= 0.6 is 11.6 Å². The molecule has 4 aliphatic rings. The van der Waals surface area contributed by atoms with Gasteiger partial charge in [0.25, 0.3) is 0 Å². The Labute approximate surface area is 257 Å². The molecular formula is C33H30ClF2N5O3. The fraction of sp³-hybridized carbons (Fsp3) is 0.394. The highest BCUT2D eigenvalue weighted by Crippen LogP contribution is 2.51. The number of hydrogen-bond acceptors (Lipinski definition) is 8. The van der Waals surface area contributed by atoms with E-state index in [2.05, 4.69) is 33.1 Å². The molecule has 226 valence electrons. The van der Waals surface area contributed by atoms with Crippen molar-refractivity contribution in [1.82, 2.24) is 20.2 Å². The minimum absolute atomic E-state index is 0.0270. The second-order valence-electron chi connectivity index (χ2n) is 12.2. The lowest BCUT2D eigenvalue weighted by Crippen LogP contribution is -2.60. The van der Waals surface area contributed by atoms with Crippen molar-refractivity contribution in [2.45, 2.75) is 49.9 Å². The summed E-state index contributed by atoms with van der Waals surface area (Å²) < 4.78 is 44.6. The number of halogens is 3. The van der Waals surface area contributed by atoms with Gasteiger partial charge in [0.05, 0.1) is 22.0 Å². The molecule has 0 spiro atoms. The van der Waals surface area contributed by atoms with E-state index >= 15 is 4.39 Å². The average Bonchev–Trinajstić information content (AvgIpc) is 3.56. The van der Waals surface area contributed by atoms with Crippen molar-refractivity contribution < 1.29 is 23.4 Å². The van der Waals surface area contributed by atoms with Gasteiger partial charge in [0.15, 0.2) is 11.6 Å². The van der Waals surface area contributed by atoms with Crippen molar-refractivity contribution >= 4 is 39.1 Å². The van der Waals surface area contributed by atoms with E-state index in [-0.39, 0.29) is 80.9 Å². The number of aromatic hydroxyl groups is 1. The molecule has 11 heteroatoms. The number of phenolic OH excluding ortho intramolecular Hbond substituents is 1. The Balaban J connectivity index is 1.39. The molecule has 3 fully saturated rings. The van der Waals surface area contributed by atoms with Crippen LogP contribution in [0.2, 0.25) is 5.02 Å². The van der Waals surface area contributed by atoms with Crippen molar-refractivity contribution in [2.24, 2.45) is 0 Å². The summed E-state index contributed by atoms with van der Waals surface area (Å²) in [4.78, 5) is 13.9. The molecular weight excluding hydrogens is 588 g/mol. The molecule has 0 aliphatic carbocycles. The van der Waals surface area contributed by atoms with E-state index in [4.69, 9.17) is 32.5 Å². The van der Waals surface area contributed by atoms with Crippen LogP contribution in [0.15, 0.2) is 24.3 Å². The van der Waals surface area contributed by atoms with Crippen LogP contribution in [0.4, 0.5) is 14.6 Å². The van der Waals surface area contributed by atoms with Gasteiger partial charge >= 0.3 is 6.01 Å². The van der Waals surface area contributed by atoms with Crippen molar-refractivity contribution in [1.29, 1.82) is 0 Å². The molecule has 3 unspecified atom stereocenters. The maximum absolute atomic E-state index is 17.1. The van der Waals surface area contributed by atoms with Crippen LogP contribution in [-0.2, 0) is 0 Å². The first kappa shape index (κ1) is 27.6. The Hall–Kier alpha value is -3.91. The van der Waals surface area contributed by atoms with E-state index in [1.165, 1.54) is 24.3 Å². The first-order valence-electron chi connectivity index (χ1n) is 15.0. The van der Waals surface area contributed by atoms with E-state index in [0.717, 1.165) is 32.2 Å². The number of ether oxygens (including phenoxy) is 2. The summed E-state index contributed by atoms with van der Waals surface area (Å²) in [5, 5.41) is 15.4. The lowest BCUT2D eigenvalue weighted by molar-refractivity contribution is 0.188. The van der Waals surface area contributed by atoms with Crippen LogP contribution in [0.1, 0.15) is 31.2 Å². The van der Waals surface area contributed by atoms with E-state index in [0.29, 0.717) is 29.7 Å². The first-order valence-corrected chi connectivity index (χ1v) is 15.3. The number of terminal acetylenes is 1. The van der Waals surface area contributed by atoms with E-state index < -0.39 is 11.6 Å². The summed E-state index contributed by atoms with van der Waals surface area (Å²) in [6.07, 6.45) is 9.82. The summed E-state index contributed by atoms with van der Waals surface area (Å²) >= 11 is 7.06. The molecule has 0 radical (unpaired) electrons. The number of nitrogens with zero attached hydrogens (tertiary/aromatic N) is 4. The van der Waals surface area contributed by atoms with Crippen molar-refractivity contribution in [3.63, 3.8) is 0 Å². The number of rotatable bonds is 4. The molecule has 5 heterocycles. The normalized spacial score (nSPS) is 24.3. The number of likely N-dealkylation sites (N-methyl/N-ethyl adjacent to an activating group) is 1. The Morgan fingerprint density at radius 2 is 2.07 bits per heavy atom. The van der Waals surface area contributed by atoms with Gasteiger partial charge in [-0.15, -0.1) is 6.42 Å². The smallest absolute Gasteiger partial charge is 0.319 e. The van der Waals surface area contributed by atoms with Crippen LogP contribution in [-0.4, -0.2) is 77.5 Å². The molecule has 8 rings (SSSR count). The zero-order chi connectivity index (χ0) is 30.3. The second kappa shape index (κ2) is 10.3. The lowest BCUT2D eigenvalue weighted by Gasteiger charge is -2.40. The van der Waals surface area contributed by atoms with E-state index in [1.54, 1.807) is 0 Å². The van der Waals surface area contributed by atoms with Gasteiger partial charge in [-0.25, -0.2) is 8.78 Å². The predicted molar refractivity (Wildman–Crippen MR) is 165 cm³/mol. The molecule has 2 bridgehead atoms. The van der Waals surface area contributed by atoms with Gasteiger partial charge in [-0.2, -0.15) is 9.97 Å². The third kappa shape index (κ3) is 4.17. The second-order valence-corrected chi connectivity index (χ2v) is 12.6. The third-order valence-electron chi connectivity index (χ3n) is 9.71. The standard InChI is InChI=1S/C33H30ClF2N5O3/c1-3-20-22(35)8-6-16-11-19(42)12-21(25(16)20)26-28(34)31-27-30(29(26)36)38-33(44-14-18-5-4-10-40(18)2)39-32(27)41-13-17-7-9-23(37-17)24(41)15-43-31/h1,6,8,11-12,17-18,23-24,37,42H,4-5,7,9-10,13-15H2,2H3/t17?,18-,23?,24?/m0/s1. The fourth-order valence-corrected chi connectivity index (χ4v) is 7.84. The predicted octanol–water partition coefficient (Wildman–Crippen LogP) is 5.24. The molecule has 2 N–H and O–H groups in total. The van der Waals surface area contributed by atoms with Gasteiger partial charge in [0.1, 0.15) is 36.1 Å². The molecule has 1 aromatic heterocycles. The third-order valence-corrected chi connectivity index (χ3v) is 10.1. The lowest BCUT2D eigenvalue weighted by atomic mass is 9.92. The van der Waals surface area contributed by atoms with Crippen LogP contribution in [0.5, 0.6) is 17.5 Å². The molecule has 3 aromatic carbocycles. The average molecular weight is 618 g/mol. The van der Waals surface area contributed by atoms with Gasteiger partial charge in [0.2, 0.25) is 0 Å². The number of hydrogen-bond donors (Lipinski definition) is 2. The number of aromatic nitrogens is 2. The summed E-state index contributed by atoms with van der Waals surface area (Å²) in [5.74, 6) is 1.58. The molecule has 4 aromatic rings. The highest BCUT2D eigenvalue weighted by Gasteiger charge is 2.44. The summed E-state index contributed by atoms with van der Waals surface area (Å²) in [6, 6.07) is 6.13. The van der Waals surface area contributed by atoms with Gasteiger partial charge in [-0.3, -0.25) is 0 Å². The SMILES string of the molecule is C#Cc1c(F)ccc2cc(O)cc(-c3c(Cl)c4c5c(nc(OC[C@@H]6CCCN6C)nc5c3F)N3CC5CCC(N5)C3CO4)c12. The molecule has 0 amide bonds. The van der Waals surface area contributed by atoms with E-state index in [9.17, 15) is 9.50 Å². The molecule has 44 heavy (non-hydrogen) atoms. The Bertz CT molecular complexity index is 1900. The van der Waals surface area contributed by atoms with Gasteiger partial charge in [-0.1, -0.05) is 23.6 Å². The molecule has 8 nitrogen and oxygen atoms in total. The zero-order valence-electron chi connectivity index (χ0n) is 24.0. The molecule has 0 saturated carbocycles. The highest BCUT2D eigenvalue weighted by molar-refractivity contribution is 6.37. The zero-order valence-corrected chi connectivity index (χ0v) is 24.8. The summed E-state index contributed by atoms with van der Waals surface area (Å²) in [6.45, 7) is 2.31. The van der Waals surface area contributed by atoms with E-state index in [1.807, 2.05) is 0 Å². The van der Waals surface area contributed by atoms with Crippen molar-refractivity contribution in [3.05, 3.63) is 46.5 Å². The summed E-state index contributed by atoms with van der Waals surface area (Å²) in [5.41, 5.74) is -0.0505. The molecule has 4 aliphatic heterocycles. The maximum atomic E-state index is 17.1. The largest absolute Gasteiger partial charge is 0.508 e. The van der Waals surface area contributed by atoms with Gasteiger partial charge < -0.3 is 29.7 Å². The Morgan fingerprint density at radius 1 is 1.20 bits per heavy atom. The molecule has 3 saturated heterocycles. The van der Waals surface area contributed by atoms with Crippen LogP contribution < -0.4 is 19.7 Å². The van der Waals surface area contributed by atoms with Crippen LogP contribution in [0.3, 0.4) is 0 Å². The number of fused-ring (bicyclic) bond motifs is 6. The number of likely N-dealkylation sites (tertiary alicyclic amines) is 1. The Kier molecular flexibility index (Phi) is 6.49. The number of benzene rings is 3. The number of piperazine rings is 1. The highest BCUT2D eigenvalue weighted by atomic mass is 35.5. The maximum Gasteiger partial charge on any atom is 0.319 e. The fourth-order valence-electron chi connectivity index (χ4n) is 7.51. The number of anilines is 1. The van der Waals surface area contributed by atoms with Gasteiger partial charge in [-0.05, 0) is 68.4 Å². The minimum atomic E-state index is -0.764. The molecule has 4 atom stereocenters. The minimum Gasteiger partial charge on any atom is -0.508 e. The van der Waals surface area contributed by atoms with Gasteiger partial charge in [0, 0.05) is 35.6 Å². The topological polar surface area (TPSA) is 83.0 Å². The number of nitrogens with one attached hydrogen (secondary N) is 1. The van der Waals surface area contributed by atoms with Crippen LogP contribution in [0.25, 0.3) is 32.8 Å². The summed E-state index contributed by atoms with van der Waals surface area (Å²) in [7, 11) is 2.06. The van der Waals surface area contributed by atoms with Crippen molar-refractivity contribution in [3.8, 4) is 41.0 Å².